The molecule has 1 amide bonds. The molecule has 0 spiro atoms. The number of hydrogen-bond acceptors (Lipinski definition) is 4. The molecule has 1 fully saturated rings. The molecule has 0 saturated carbocycles. The lowest BCUT2D eigenvalue weighted by molar-refractivity contribution is 0.0690. The van der Waals surface area contributed by atoms with Crippen LogP contribution in [0.5, 0.6) is 0 Å². The lowest BCUT2D eigenvalue weighted by Crippen LogP contribution is -2.35. The van der Waals surface area contributed by atoms with Gasteiger partial charge >= 0.3 is 0 Å². The molecule has 2 heterocycles. The summed E-state index contributed by atoms with van der Waals surface area (Å²) in [7, 11) is -3.47. The Hall–Kier alpha value is -2.08. The molecule has 0 aliphatic carbocycles. The average Bonchev–Trinajstić information content (AvgIpc) is 3.03. The molecule has 0 unspecified atom stereocenters. The SMILES string of the molecule is O=C(c1ccc(CS(=O)(=O)c2ccccc2)o1)N1CCCCC1. The van der Waals surface area contributed by atoms with Gasteiger partial charge in [0.05, 0.1) is 4.90 Å². The van der Waals surface area contributed by atoms with Crippen molar-refractivity contribution in [3.8, 4) is 0 Å². The second-order valence-electron chi connectivity index (χ2n) is 5.69. The molecule has 0 bridgehead atoms. The number of likely N-dealkylation sites (tertiary alicyclic amines) is 1. The van der Waals surface area contributed by atoms with Crippen LogP contribution < -0.4 is 0 Å². The fraction of sp³-hybridized carbons (Fsp3) is 0.353. The number of hydrogen-bond donors (Lipinski definition) is 0. The van der Waals surface area contributed by atoms with Gasteiger partial charge in [0.2, 0.25) is 0 Å². The minimum atomic E-state index is -3.47. The van der Waals surface area contributed by atoms with Crippen molar-refractivity contribution in [3.63, 3.8) is 0 Å². The molecule has 1 aliphatic heterocycles. The number of amides is 1. The van der Waals surface area contributed by atoms with Gasteiger partial charge in [-0.05, 0) is 43.5 Å². The van der Waals surface area contributed by atoms with E-state index in [1.807, 2.05) is 0 Å². The van der Waals surface area contributed by atoms with Crippen LogP contribution in [0, 0.1) is 0 Å². The Morgan fingerprint density at radius 1 is 1.00 bits per heavy atom. The van der Waals surface area contributed by atoms with Crippen LogP contribution in [-0.2, 0) is 15.6 Å². The molecular formula is C17H19NO4S. The van der Waals surface area contributed by atoms with Gasteiger partial charge in [-0.3, -0.25) is 4.79 Å². The van der Waals surface area contributed by atoms with Crippen LogP contribution in [-0.4, -0.2) is 32.3 Å². The highest BCUT2D eigenvalue weighted by atomic mass is 32.2. The third-order valence-electron chi connectivity index (χ3n) is 3.95. The van der Waals surface area contributed by atoms with E-state index in [0.29, 0.717) is 0 Å². The molecule has 1 aliphatic rings. The van der Waals surface area contributed by atoms with Crippen molar-refractivity contribution in [3.05, 3.63) is 54.0 Å². The zero-order valence-corrected chi connectivity index (χ0v) is 13.6. The smallest absolute Gasteiger partial charge is 0.289 e. The number of nitrogens with zero attached hydrogens (tertiary/aromatic N) is 1. The Kier molecular flexibility index (Phi) is 4.52. The second kappa shape index (κ2) is 6.58. The minimum Gasteiger partial charge on any atom is -0.455 e. The maximum Gasteiger partial charge on any atom is 0.289 e. The average molecular weight is 333 g/mol. The van der Waals surface area contributed by atoms with E-state index in [-0.39, 0.29) is 28.1 Å². The summed E-state index contributed by atoms with van der Waals surface area (Å²) in [5.74, 6) is 0.0945. The molecule has 6 heteroatoms. The van der Waals surface area contributed by atoms with Gasteiger partial charge in [0, 0.05) is 13.1 Å². The van der Waals surface area contributed by atoms with E-state index in [0.717, 1.165) is 32.4 Å². The topological polar surface area (TPSA) is 67.6 Å². The van der Waals surface area contributed by atoms with Gasteiger partial charge in [-0.1, -0.05) is 18.2 Å². The van der Waals surface area contributed by atoms with E-state index in [1.165, 1.54) is 0 Å². The first kappa shape index (κ1) is 15.8. The molecule has 1 aromatic heterocycles. The number of piperidine rings is 1. The Morgan fingerprint density at radius 3 is 2.39 bits per heavy atom. The van der Waals surface area contributed by atoms with Crippen LogP contribution >= 0.6 is 0 Å². The number of sulfone groups is 1. The van der Waals surface area contributed by atoms with E-state index in [4.69, 9.17) is 4.42 Å². The normalized spacial score (nSPS) is 15.6. The summed E-state index contributed by atoms with van der Waals surface area (Å²) < 4.78 is 30.1. The van der Waals surface area contributed by atoms with Crippen LogP contribution in [0.25, 0.3) is 0 Å². The standard InChI is InChI=1S/C17H19NO4S/c19-17(18-11-5-2-6-12-18)16-10-9-14(22-16)13-23(20,21)15-7-3-1-4-8-15/h1,3-4,7-10H,2,5-6,11-13H2. The summed E-state index contributed by atoms with van der Waals surface area (Å²) in [6.45, 7) is 1.47. The summed E-state index contributed by atoms with van der Waals surface area (Å²) >= 11 is 0. The summed E-state index contributed by atoms with van der Waals surface area (Å²) in [6.07, 6.45) is 3.14. The third kappa shape index (κ3) is 3.64. The second-order valence-corrected chi connectivity index (χ2v) is 7.68. The Labute approximate surface area is 135 Å². The summed E-state index contributed by atoms with van der Waals surface area (Å²) in [6, 6.07) is 11.4. The van der Waals surface area contributed by atoms with Crippen molar-refractivity contribution in [1.82, 2.24) is 4.90 Å². The first-order valence-electron chi connectivity index (χ1n) is 7.72. The van der Waals surface area contributed by atoms with Crippen LogP contribution in [0.2, 0.25) is 0 Å². The zero-order valence-electron chi connectivity index (χ0n) is 12.8. The van der Waals surface area contributed by atoms with Crippen molar-refractivity contribution in [2.75, 3.05) is 13.1 Å². The predicted octanol–water partition coefficient (Wildman–Crippen LogP) is 2.88. The first-order chi connectivity index (χ1) is 11.1. The highest BCUT2D eigenvalue weighted by Crippen LogP contribution is 2.20. The lowest BCUT2D eigenvalue weighted by atomic mass is 10.1. The quantitative estimate of drug-likeness (QED) is 0.863. The molecular weight excluding hydrogens is 314 g/mol. The fourth-order valence-electron chi connectivity index (χ4n) is 2.72. The van der Waals surface area contributed by atoms with Crippen molar-refractivity contribution >= 4 is 15.7 Å². The molecule has 0 radical (unpaired) electrons. The molecule has 1 aromatic carbocycles. The van der Waals surface area contributed by atoms with Gasteiger partial charge in [0.25, 0.3) is 5.91 Å². The van der Waals surface area contributed by atoms with Crippen molar-refractivity contribution < 1.29 is 17.6 Å². The molecule has 122 valence electrons. The number of benzene rings is 1. The van der Waals surface area contributed by atoms with Gasteiger partial charge in [-0.15, -0.1) is 0 Å². The van der Waals surface area contributed by atoms with Gasteiger partial charge in [0.15, 0.2) is 15.6 Å². The van der Waals surface area contributed by atoms with Crippen molar-refractivity contribution in [2.45, 2.75) is 29.9 Å². The fourth-order valence-corrected chi connectivity index (χ4v) is 3.99. The van der Waals surface area contributed by atoms with E-state index >= 15 is 0 Å². The molecule has 23 heavy (non-hydrogen) atoms. The molecule has 3 rings (SSSR count). The predicted molar refractivity (Wildman–Crippen MR) is 85.8 cm³/mol. The van der Waals surface area contributed by atoms with Gasteiger partial charge in [-0.25, -0.2) is 8.42 Å². The Balaban J connectivity index is 1.73. The number of furan rings is 1. The Bertz CT molecular complexity index is 774. The summed E-state index contributed by atoms with van der Waals surface area (Å²) in [5, 5.41) is 0. The number of carbonyl (C=O) groups is 1. The molecule has 0 atom stereocenters. The van der Waals surface area contributed by atoms with Gasteiger partial charge in [0.1, 0.15) is 11.5 Å². The van der Waals surface area contributed by atoms with E-state index in [9.17, 15) is 13.2 Å². The van der Waals surface area contributed by atoms with Crippen LogP contribution in [0.4, 0.5) is 0 Å². The molecule has 2 aromatic rings. The van der Waals surface area contributed by atoms with Crippen LogP contribution in [0.15, 0.2) is 51.8 Å². The van der Waals surface area contributed by atoms with E-state index in [2.05, 4.69) is 0 Å². The molecule has 0 N–H and O–H groups in total. The van der Waals surface area contributed by atoms with Crippen LogP contribution in [0.3, 0.4) is 0 Å². The zero-order chi connectivity index (χ0) is 16.3. The number of carbonyl (C=O) groups excluding carboxylic acids is 1. The lowest BCUT2D eigenvalue weighted by Gasteiger charge is -2.25. The van der Waals surface area contributed by atoms with Crippen molar-refractivity contribution in [1.29, 1.82) is 0 Å². The summed E-state index contributed by atoms with van der Waals surface area (Å²) in [5.41, 5.74) is 0. The highest BCUT2D eigenvalue weighted by Gasteiger charge is 2.23. The van der Waals surface area contributed by atoms with E-state index < -0.39 is 9.84 Å². The monoisotopic (exact) mass is 333 g/mol. The maximum absolute atomic E-state index is 12.3. The maximum atomic E-state index is 12.3. The van der Waals surface area contributed by atoms with E-state index in [1.54, 1.807) is 47.4 Å². The third-order valence-corrected chi connectivity index (χ3v) is 5.61. The highest BCUT2D eigenvalue weighted by molar-refractivity contribution is 7.90. The minimum absolute atomic E-state index is 0.159. The Morgan fingerprint density at radius 2 is 1.70 bits per heavy atom. The largest absolute Gasteiger partial charge is 0.455 e. The molecule has 1 saturated heterocycles. The van der Waals surface area contributed by atoms with Gasteiger partial charge < -0.3 is 9.32 Å². The first-order valence-corrected chi connectivity index (χ1v) is 9.37. The number of rotatable bonds is 4. The van der Waals surface area contributed by atoms with Crippen molar-refractivity contribution in [2.24, 2.45) is 0 Å². The van der Waals surface area contributed by atoms with Crippen LogP contribution in [0.1, 0.15) is 35.6 Å². The van der Waals surface area contributed by atoms with Gasteiger partial charge in [-0.2, -0.15) is 0 Å². The molecule has 5 nitrogen and oxygen atoms in total. The summed E-state index contributed by atoms with van der Waals surface area (Å²) in [4.78, 5) is 14.3.